The van der Waals surface area contributed by atoms with Gasteiger partial charge in [0.2, 0.25) is 0 Å². The molecule has 2 N–H and O–H groups in total. The summed E-state index contributed by atoms with van der Waals surface area (Å²) in [5.74, 6) is -2.64. The highest BCUT2D eigenvalue weighted by molar-refractivity contribution is 6.04. The molecule has 2 aromatic rings. The maximum absolute atomic E-state index is 13.7. The van der Waals surface area contributed by atoms with Crippen LogP contribution in [-0.2, 0) is 0 Å². The van der Waals surface area contributed by atoms with Gasteiger partial charge in [-0.05, 0) is 42.5 Å². The van der Waals surface area contributed by atoms with Gasteiger partial charge in [-0.25, -0.2) is 9.18 Å². The van der Waals surface area contributed by atoms with Crippen molar-refractivity contribution in [1.29, 1.82) is 5.26 Å². The van der Waals surface area contributed by atoms with Crippen LogP contribution in [-0.4, -0.2) is 17.0 Å². The molecule has 104 valence electrons. The third-order valence-electron chi connectivity index (χ3n) is 2.74. The van der Waals surface area contributed by atoms with Crippen LogP contribution in [0.4, 0.5) is 10.1 Å². The summed E-state index contributed by atoms with van der Waals surface area (Å²) in [6.45, 7) is 0. The zero-order valence-electron chi connectivity index (χ0n) is 10.6. The van der Waals surface area contributed by atoms with Crippen molar-refractivity contribution in [3.8, 4) is 6.07 Å². The first kappa shape index (κ1) is 14.2. The minimum absolute atomic E-state index is 0.116. The smallest absolute Gasteiger partial charge is 0.335 e. The molecule has 0 aliphatic heterocycles. The summed E-state index contributed by atoms with van der Waals surface area (Å²) >= 11 is 0. The Morgan fingerprint density at radius 1 is 1.10 bits per heavy atom. The summed E-state index contributed by atoms with van der Waals surface area (Å²) in [5.41, 5.74) is 0.345. The van der Waals surface area contributed by atoms with Crippen molar-refractivity contribution >= 4 is 17.6 Å². The van der Waals surface area contributed by atoms with E-state index in [9.17, 15) is 14.0 Å². The van der Waals surface area contributed by atoms with Crippen LogP contribution in [0.25, 0.3) is 0 Å². The van der Waals surface area contributed by atoms with Crippen molar-refractivity contribution in [3.05, 3.63) is 65.0 Å². The van der Waals surface area contributed by atoms with E-state index in [-0.39, 0.29) is 16.8 Å². The molecule has 5 nitrogen and oxygen atoms in total. The number of aromatic carboxylic acids is 1. The van der Waals surface area contributed by atoms with E-state index in [2.05, 4.69) is 5.32 Å². The van der Waals surface area contributed by atoms with Gasteiger partial charge in [0.1, 0.15) is 5.82 Å². The molecule has 6 heteroatoms. The second-order valence-corrected chi connectivity index (χ2v) is 4.14. The maximum Gasteiger partial charge on any atom is 0.335 e. The van der Waals surface area contributed by atoms with Crippen LogP contribution >= 0.6 is 0 Å². The highest BCUT2D eigenvalue weighted by atomic mass is 19.1. The Morgan fingerprint density at radius 3 is 2.24 bits per heavy atom. The van der Waals surface area contributed by atoms with Crippen LogP contribution in [0.15, 0.2) is 42.5 Å². The SMILES string of the molecule is N#Cc1ccc(C(=O)Nc2ccc(C(=O)O)cc2F)cc1. The normalized spacial score (nSPS) is 9.71. The first-order chi connectivity index (χ1) is 10.0. The molecule has 0 radical (unpaired) electrons. The van der Waals surface area contributed by atoms with E-state index in [1.165, 1.54) is 36.4 Å². The molecular weight excluding hydrogens is 275 g/mol. The van der Waals surface area contributed by atoms with Gasteiger partial charge in [-0.3, -0.25) is 4.79 Å². The van der Waals surface area contributed by atoms with Crippen LogP contribution in [0.3, 0.4) is 0 Å². The molecule has 2 aromatic carbocycles. The van der Waals surface area contributed by atoms with Gasteiger partial charge in [-0.2, -0.15) is 5.26 Å². The first-order valence-corrected chi connectivity index (χ1v) is 5.85. The molecule has 0 fully saturated rings. The number of carbonyl (C=O) groups is 2. The van der Waals surface area contributed by atoms with E-state index in [4.69, 9.17) is 10.4 Å². The number of rotatable bonds is 3. The van der Waals surface area contributed by atoms with Crippen LogP contribution in [0.2, 0.25) is 0 Å². The number of nitrogens with one attached hydrogen (secondary N) is 1. The van der Waals surface area contributed by atoms with Crippen molar-refractivity contribution in [2.75, 3.05) is 5.32 Å². The van der Waals surface area contributed by atoms with E-state index in [1.807, 2.05) is 6.07 Å². The molecule has 1 amide bonds. The second kappa shape index (κ2) is 5.84. The lowest BCUT2D eigenvalue weighted by molar-refractivity contribution is 0.0696. The molecule has 0 atom stereocenters. The largest absolute Gasteiger partial charge is 0.478 e. The Balaban J connectivity index is 2.19. The van der Waals surface area contributed by atoms with Crippen LogP contribution < -0.4 is 5.32 Å². The van der Waals surface area contributed by atoms with E-state index >= 15 is 0 Å². The molecule has 0 unspecified atom stereocenters. The summed E-state index contributed by atoms with van der Waals surface area (Å²) in [4.78, 5) is 22.6. The third-order valence-corrected chi connectivity index (χ3v) is 2.74. The number of amides is 1. The molecule has 21 heavy (non-hydrogen) atoms. The standard InChI is InChI=1S/C15H9FN2O3/c16-12-7-11(15(20)21)5-6-13(12)18-14(19)10-3-1-9(8-17)2-4-10/h1-7H,(H,18,19)(H,20,21). The monoisotopic (exact) mass is 284 g/mol. The number of nitrogens with zero attached hydrogens (tertiary/aromatic N) is 1. The fourth-order valence-corrected chi connectivity index (χ4v) is 1.64. The Bertz CT molecular complexity index is 749. The molecule has 0 saturated heterocycles. The molecule has 2 rings (SSSR count). The van der Waals surface area contributed by atoms with E-state index in [0.29, 0.717) is 5.56 Å². The number of carboxylic acid groups (broad SMARTS) is 1. The summed E-state index contributed by atoms with van der Waals surface area (Å²) in [5, 5.41) is 19.7. The number of benzene rings is 2. The number of carboxylic acids is 1. The minimum atomic E-state index is -1.25. The Kier molecular flexibility index (Phi) is 3.95. The van der Waals surface area contributed by atoms with Crippen molar-refractivity contribution in [1.82, 2.24) is 0 Å². The van der Waals surface area contributed by atoms with Gasteiger partial charge in [0.15, 0.2) is 0 Å². The van der Waals surface area contributed by atoms with Crippen LogP contribution in [0, 0.1) is 17.1 Å². The topological polar surface area (TPSA) is 90.2 Å². The molecular formula is C15H9FN2O3. The summed E-state index contributed by atoms with van der Waals surface area (Å²) in [6.07, 6.45) is 0. The summed E-state index contributed by atoms with van der Waals surface area (Å²) < 4.78 is 13.7. The van der Waals surface area contributed by atoms with Crippen molar-refractivity contribution < 1.29 is 19.1 Å². The zero-order chi connectivity index (χ0) is 15.4. The maximum atomic E-state index is 13.7. The van der Waals surface area contributed by atoms with Gasteiger partial charge in [0.05, 0.1) is 22.9 Å². The first-order valence-electron chi connectivity index (χ1n) is 5.85. The van der Waals surface area contributed by atoms with Crippen molar-refractivity contribution in [3.63, 3.8) is 0 Å². The van der Waals surface area contributed by atoms with Crippen LogP contribution in [0.5, 0.6) is 0 Å². The molecule has 0 aliphatic carbocycles. The number of hydrogen-bond donors (Lipinski definition) is 2. The zero-order valence-corrected chi connectivity index (χ0v) is 10.6. The lowest BCUT2D eigenvalue weighted by Crippen LogP contribution is -2.13. The number of hydrogen-bond acceptors (Lipinski definition) is 3. The quantitative estimate of drug-likeness (QED) is 0.906. The number of carbonyl (C=O) groups excluding carboxylic acids is 1. The predicted molar refractivity (Wildman–Crippen MR) is 72.5 cm³/mol. The van der Waals surface area contributed by atoms with Gasteiger partial charge < -0.3 is 10.4 Å². The fourth-order valence-electron chi connectivity index (χ4n) is 1.64. The summed E-state index contributed by atoms with van der Waals surface area (Å²) in [7, 11) is 0. The fraction of sp³-hybridized carbons (Fsp3) is 0. The molecule has 0 spiro atoms. The van der Waals surface area contributed by atoms with Crippen LogP contribution in [0.1, 0.15) is 26.3 Å². The number of anilines is 1. The molecule has 0 aliphatic rings. The predicted octanol–water partition coefficient (Wildman–Crippen LogP) is 2.65. The molecule has 0 bridgehead atoms. The van der Waals surface area contributed by atoms with Crippen molar-refractivity contribution in [2.24, 2.45) is 0 Å². The lowest BCUT2D eigenvalue weighted by atomic mass is 10.1. The van der Waals surface area contributed by atoms with E-state index in [0.717, 1.165) is 6.07 Å². The Morgan fingerprint density at radius 2 is 1.71 bits per heavy atom. The van der Waals surface area contributed by atoms with E-state index < -0.39 is 17.7 Å². The van der Waals surface area contributed by atoms with Gasteiger partial charge in [0, 0.05) is 5.56 Å². The minimum Gasteiger partial charge on any atom is -0.478 e. The highest BCUT2D eigenvalue weighted by Gasteiger charge is 2.12. The van der Waals surface area contributed by atoms with E-state index in [1.54, 1.807) is 0 Å². The number of halogens is 1. The lowest BCUT2D eigenvalue weighted by Gasteiger charge is -2.07. The molecule has 0 aromatic heterocycles. The van der Waals surface area contributed by atoms with Gasteiger partial charge in [0.25, 0.3) is 5.91 Å². The summed E-state index contributed by atoms with van der Waals surface area (Å²) in [6, 6.07) is 11.0. The van der Waals surface area contributed by atoms with Gasteiger partial charge >= 0.3 is 5.97 Å². The van der Waals surface area contributed by atoms with Gasteiger partial charge in [-0.15, -0.1) is 0 Å². The molecule has 0 saturated carbocycles. The average Bonchev–Trinajstić information content (AvgIpc) is 2.49. The Hall–Kier alpha value is -3.20. The van der Waals surface area contributed by atoms with Crippen molar-refractivity contribution in [2.45, 2.75) is 0 Å². The molecule has 0 heterocycles. The average molecular weight is 284 g/mol. The third kappa shape index (κ3) is 3.22. The highest BCUT2D eigenvalue weighted by Crippen LogP contribution is 2.17. The number of nitriles is 1. The Labute approximate surface area is 119 Å². The van der Waals surface area contributed by atoms with Gasteiger partial charge in [-0.1, -0.05) is 0 Å². The second-order valence-electron chi connectivity index (χ2n) is 4.14.